The number of benzene rings is 2. The molecule has 6 nitrogen and oxygen atoms in total. The number of hydrogen-bond donors (Lipinski definition) is 1. The molecule has 1 aliphatic carbocycles. The van der Waals surface area contributed by atoms with Crippen molar-refractivity contribution in [3.8, 4) is 0 Å². The smallest absolute Gasteiger partial charge is 0.264 e. The molecular formula is C21H26N2O4S2. The molecule has 0 unspecified atom stereocenters. The standard InChI is InChI=1S/C21H26N2O4S2/c1-15-7-8-20(13-16(15)2)29(26,27)23-12-11-17-14-19(9-10-21(17)23)28(24,25)22-18-5-3-4-6-18/h7-10,13-14,18,22H,3-6,11-12H2,1-2H3. The van der Waals surface area contributed by atoms with Crippen LogP contribution >= 0.6 is 0 Å². The molecule has 2 aliphatic rings. The zero-order valence-electron chi connectivity index (χ0n) is 16.7. The van der Waals surface area contributed by atoms with Gasteiger partial charge in [0.05, 0.1) is 15.5 Å². The molecule has 0 bridgehead atoms. The molecule has 0 aromatic heterocycles. The van der Waals surface area contributed by atoms with Crippen molar-refractivity contribution in [3.63, 3.8) is 0 Å². The minimum atomic E-state index is -3.69. The SMILES string of the molecule is Cc1ccc(S(=O)(=O)N2CCc3cc(S(=O)(=O)NC4CCCC4)ccc32)cc1C. The van der Waals surface area contributed by atoms with E-state index in [2.05, 4.69) is 4.72 Å². The summed E-state index contributed by atoms with van der Waals surface area (Å²) in [6, 6.07) is 9.85. The van der Waals surface area contributed by atoms with Crippen LogP contribution in [0.3, 0.4) is 0 Å². The Morgan fingerprint density at radius 3 is 2.28 bits per heavy atom. The highest BCUT2D eigenvalue weighted by Crippen LogP contribution is 2.35. The van der Waals surface area contributed by atoms with Gasteiger partial charge in [-0.1, -0.05) is 18.9 Å². The van der Waals surface area contributed by atoms with Crippen molar-refractivity contribution >= 4 is 25.7 Å². The first kappa shape index (κ1) is 20.4. The summed E-state index contributed by atoms with van der Waals surface area (Å²) in [6.45, 7) is 4.14. The van der Waals surface area contributed by atoms with Gasteiger partial charge in [-0.25, -0.2) is 21.6 Å². The quantitative estimate of drug-likeness (QED) is 0.783. The van der Waals surface area contributed by atoms with Crippen molar-refractivity contribution in [3.05, 3.63) is 53.1 Å². The van der Waals surface area contributed by atoms with Gasteiger partial charge in [-0.2, -0.15) is 0 Å². The summed E-state index contributed by atoms with van der Waals surface area (Å²) in [7, 11) is -7.29. The number of sulfonamides is 2. The molecule has 0 amide bonds. The Balaban J connectivity index is 1.63. The van der Waals surface area contributed by atoms with E-state index in [0.29, 0.717) is 18.7 Å². The molecule has 0 saturated heterocycles. The zero-order chi connectivity index (χ0) is 20.8. The van der Waals surface area contributed by atoms with Crippen LogP contribution in [0.1, 0.15) is 42.4 Å². The second kappa shape index (κ2) is 7.41. The lowest BCUT2D eigenvalue weighted by Crippen LogP contribution is -2.32. The van der Waals surface area contributed by atoms with Crippen LogP contribution in [0, 0.1) is 13.8 Å². The van der Waals surface area contributed by atoms with E-state index in [9.17, 15) is 16.8 Å². The van der Waals surface area contributed by atoms with Crippen LogP contribution in [0.15, 0.2) is 46.2 Å². The van der Waals surface area contributed by atoms with Gasteiger partial charge >= 0.3 is 0 Å². The molecule has 1 heterocycles. The molecule has 4 rings (SSSR count). The van der Waals surface area contributed by atoms with Gasteiger partial charge in [-0.15, -0.1) is 0 Å². The highest BCUT2D eigenvalue weighted by molar-refractivity contribution is 7.92. The highest BCUT2D eigenvalue weighted by Gasteiger charge is 2.32. The lowest BCUT2D eigenvalue weighted by Gasteiger charge is -2.20. The van der Waals surface area contributed by atoms with Gasteiger partial charge in [-0.3, -0.25) is 4.31 Å². The van der Waals surface area contributed by atoms with E-state index in [-0.39, 0.29) is 15.8 Å². The van der Waals surface area contributed by atoms with E-state index in [1.54, 1.807) is 24.3 Å². The molecule has 1 saturated carbocycles. The fraction of sp³-hybridized carbons (Fsp3) is 0.429. The number of nitrogens with zero attached hydrogens (tertiary/aromatic N) is 1. The van der Waals surface area contributed by atoms with E-state index in [1.165, 1.54) is 10.4 Å². The van der Waals surface area contributed by atoms with E-state index in [0.717, 1.165) is 42.4 Å². The van der Waals surface area contributed by atoms with Crippen LogP contribution in [-0.2, 0) is 26.5 Å². The number of nitrogens with one attached hydrogen (secondary N) is 1. The van der Waals surface area contributed by atoms with Crippen LogP contribution in [0.2, 0.25) is 0 Å². The van der Waals surface area contributed by atoms with E-state index in [1.807, 2.05) is 19.9 Å². The second-order valence-corrected chi connectivity index (χ2v) is 11.5. The number of aryl methyl sites for hydroxylation is 2. The van der Waals surface area contributed by atoms with Gasteiger partial charge in [0.25, 0.3) is 10.0 Å². The number of hydrogen-bond acceptors (Lipinski definition) is 4. The molecule has 0 atom stereocenters. The fourth-order valence-corrected chi connectivity index (χ4v) is 7.04. The Labute approximate surface area is 173 Å². The summed E-state index contributed by atoms with van der Waals surface area (Å²) in [4.78, 5) is 0.460. The van der Waals surface area contributed by atoms with Crippen molar-refractivity contribution in [1.82, 2.24) is 4.72 Å². The summed E-state index contributed by atoms with van der Waals surface area (Å²) in [5, 5.41) is 0. The van der Waals surface area contributed by atoms with Crippen molar-refractivity contribution in [2.75, 3.05) is 10.8 Å². The summed E-state index contributed by atoms with van der Waals surface area (Å²) < 4.78 is 55.9. The number of fused-ring (bicyclic) bond motifs is 1. The largest absolute Gasteiger partial charge is 0.266 e. The summed E-state index contributed by atoms with van der Waals surface area (Å²) in [5.41, 5.74) is 3.26. The van der Waals surface area contributed by atoms with Crippen molar-refractivity contribution in [2.45, 2.75) is 61.8 Å². The predicted molar refractivity (Wildman–Crippen MR) is 113 cm³/mol. The summed E-state index contributed by atoms with van der Waals surface area (Å²) >= 11 is 0. The van der Waals surface area contributed by atoms with Crippen LogP contribution in [0.4, 0.5) is 5.69 Å². The van der Waals surface area contributed by atoms with Crippen molar-refractivity contribution < 1.29 is 16.8 Å². The zero-order valence-corrected chi connectivity index (χ0v) is 18.3. The Hall–Kier alpha value is -1.90. The maximum Gasteiger partial charge on any atom is 0.264 e. The third-order valence-electron chi connectivity index (χ3n) is 5.96. The van der Waals surface area contributed by atoms with Gasteiger partial charge < -0.3 is 0 Å². The van der Waals surface area contributed by atoms with Gasteiger partial charge in [-0.05, 0) is 80.1 Å². The Morgan fingerprint density at radius 2 is 1.59 bits per heavy atom. The molecular weight excluding hydrogens is 408 g/mol. The third-order valence-corrected chi connectivity index (χ3v) is 9.28. The normalized spacial score (nSPS) is 17.7. The monoisotopic (exact) mass is 434 g/mol. The maximum atomic E-state index is 13.2. The molecule has 1 fully saturated rings. The fourth-order valence-electron chi connectivity index (χ4n) is 4.10. The summed E-state index contributed by atoms with van der Waals surface area (Å²) in [6.07, 6.45) is 4.32. The molecule has 1 N–H and O–H groups in total. The van der Waals surface area contributed by atoms with Gasteiger partial charge in [0.2, 0.25) is 10.0 Å². The van der Waals surface area contributed by atoms with E-state index < -0.39 is 20.0 Å². The molecule has 0 spiro atoms. The lowest BCUT2D eigenvalue weighted by molar-refractivity contribution is 0.552. The molecule has 29 heavy (non-hydrogen) atoms. The third kappa shape index (κ3) is 3.81. The maximum absolute atomic E-state index is 13.2. The Morgan fingerprint density at radius 1 is 0.897 bits per heavy atom. The average Bonchev–Trinajstić information content (AvgIpc) is 3.32. The first-order chi connectivity index (χ1) is 13.7. The van der Waals surface area contributed by atoms with Crippen LogP contribution in [0.5, 0.6) is 0 Å². The molecule has 156 valence electrons. The molecule has 1 aliphatic heterocycles. The number of rotatable bonds is 5. The van der Waals surface area contributed by atoms with E-state index >= 15 is 0 Å². The molecule has 2 aromatic rings. The highest BCUT2D eigenvalue weighted by atomic mass is 32.2. The van der Waals surface area contributed by atoms with Crippen molar-refractivity contribution in [2.24, 2.45) is 0 Å². The molecule has 8 heteroatoms. The first-order valence-electron chi connectivity index (χ1n) is 9.94. The first-order valence-corrected chi connectivity index (χ1v) is 12.9. The van der Waals surface area contributed by atoms with E-state index in [4.69, 9.17) is 0 Å². The summed E-state index contributed by atoms with van der Waals surface area (Å²) in [5.74, 6) is 0. The van der Waals surface area contributed by atoms with Gasteiger partial charge in [0.1, 0.15) is 0 Å². The Bertz CT molecular complexity index is 1150. The van der Waals surface area contributed by atoms with Crippen LogP contribution < -0.4 is 9.03 Å². The topological polar surface area (TPSA) is 83.6 Å². The van der Waals surface area contributed by atoms with Crippen molar-refractivity contribution in [1.29, 1.82) is 0 Å². The molecule has 2 aromatic carbocycles. The Kier molecular flexibility index (Phi) is 5.21. The van der Waals surface area contributed by atoms with Gasteiger partial charge in [0.15, 0.2) is 0 Å². The number of anilines is 1. The van der Waals surface area contributed by atoms with Crippen LogP contribution in [0.25, 0.3) is 0 Å². The lowest BCUT2D eigenvalue weighted by atomic mass is 10.1. The van der Waals surface area contributed by atoms with Gasteiger partial charge in [0, 0.05) is 12.6 Å². The minimum Gasteiger partial charge on any atom is -0.266 e. The van der Waals surface area contributed by atoms with Crippen LogP contribution in [-0.4, -0.2) is 29.4 Å². The molecule has 0 radical (unpaired) electrons. The average molecular weight is 435 g/mol. The predicted octanol–water partition coefficient (Wildman–Crippen LogP) is 3.28. The second-order valence-electron chi connectivity index (χ2n) is 7.97. The minimum absolute atomic E-state index is 0.00471.